The molecule has 146 valence electrons. The fourth-order valence-corrected chi connectivity index (χ4v) is 3.54. The quantitative estimate of drug-likeness (QED) is 0.490. The van der Waals surface area contributed by atoms with E-state index in [9.17, 15) is 9.59 Å². The van der Waals surface area contributed by atoms with Crippen LogP contribution in [0.15, 0.2) is 51.2 Å². The van der Waals surface area contributed by atoms with Gasteiger partial charge in [-0.2, -0.15) is 0 Å². The summed E-state index contributed by atoms with van der Waals surface area (Å²) in [6, 6.07) is 8.90. The molecule has 1 aromatic heterocycles. The van der Waals surface area contributed by atoms with Crippen molar-refractivity contribution in [2.45, 2.75) is 44.1 Å². The highest BCUT2D eigenvalue weighted by molar-refractivity contribution is 5.16. The Labute approximate surface area is 159 Å². The zero-order valence-electron chi connectivity index (χ0n) is 15.1. The summed E-state index contributed by atoms with van der Waals surface area (Å²) in [4.78, 5) is 29.0. The van der Waals surface area contributed by atoms with Crippen LogP contribution in [0.4, 0.5) is 0 Å². The average molecular weight is 385 g/mol. The van der Waals surface area contributed by atoms with Gasteiger partial charge in [-0.15, -0.1) is 0 Å². The molecule has 0 bridgehead atoms. The third-order valence-corrected chi connectivity index (χ3v) is 4.94. The normalized spacial score (nSPS) is 29.5. The van der Waals surface area contributed by atoms with Crippen LogP contribution in [0.2, 0.25) is 0 Å². The Kier molecular flexibility index (Phi) is 5.01. The van der Waals surface area contributed by atoms with Crippen LogP contribution in [0.5, 0.6) is 0 Å². The van der Waals surface area contributed by atoms with Crippen LogP contribution in [-0.2, 0) is 14.2 Å². The lowest BCUT2D eigenvalue weighted by atomic mass is 9.97. The van der Waals surface area contributed by atoms with E-state index in [0.717, 1.165) is 5.56 Å². The fourth-order valence-electron chi connectivity index (χ4n) is 3.54. The molecule has 4 rings (SSSR count). The van der Waals surface area contributed by atoms with Crippen molar-refractivity contribution in [2.75, 3.05) is 6.61 Å². The van der Waals surface area contributed by atoms with Crippen LogP contribution >= 0.6 is 0 Å². The molecular weight excluding hydrogens is 366 g/mol. The molecule has 2 aliphatic heterocycles. The number of azide groups is 1. The molecule has 1 unspecified atom stereocenters. The van der Waals surface area contributed by atoms with Gasteiger partial charge in [0, 0.05) is 28.7 Å². The second kappa shape index (κ2) is 7.61. The lowest BCUT2D eigenvalue weighted by Crippen LogP contribution is -2.54. The molecular formula is C18H19N5O5. The number of hydrogen-bond donors (Lipinski definition) is 1. The lowest BCUT2D eigenvalue weighted by Gasteiger charge is -2.45. The van der Waals surface area contributed by atoms with Crippen molar-refractivity contribution >= 4 is 0 Å². The Hall–Kier alpha value is -2.91. The summed E-state index contributed by atoms with van der Waals surface area (Å²) in [5.74, 6) is 0. The van der Waals surface area contributed by atoms with Crippen molar-refractivity contribution in [3.63, 3.8) is 0 Å². The molecule has 0 saturated carbocycles. The monoisotopic (exact) mass is 385 g/mol. The van der Waals surface area contributed by atoms with E-state index < -0.39 is 42.0 Å². The van der Waals surface area contributed by atoms with Crippen molar-refractivity contribution in [3.8, 4) is 0 Å². The minimum Gasteiger partial charge on any atom is -0.349 e. The summed E-state index contributed by atoms with van der Waals surface area (Å²) in [6.07, 6.45) is -0.647. The molecule has 0 spiro atoms. The molecule has 5 atom stereocenters. The van der Waals surface area contributed by atoms with Crippen LogP contribution in [0.3, 0.4) is 0 Å². The van der Waals surface area contributed by atoms with Crippen LogP contribution in [0, 0.1) is 6.92 Å². The molecule has 10 heteroatoms. The number of fused-ring (bicyclic) bond motifs is 1. The number of ether oxygens (including phenoxy) is 3. The van der Waals surface area contributed by atoms with E-state index in [2.05, 4.69) is 15.0 Å². The third-order valence-electron chi connectivity index (χ3n) is 4.94. The topological polar surface area (TPSA) is 131 Å². The van der Waals surface area contributed by atoms with Gasteiger partial charge in [0.25, 0.3) is 5.56 Å². The molecule has 0 amide bonds. The molecule has 2 saturated heterocycles. The molecule has 1 N–H and O–H groups in total. The number of aryl methyl sites for hydroxylation is 1. The van der Waals surface area contributed by atoms with Crippen LogP contribution < -0.4 is 11.2 Å². The molecule has 2 fully saturated rings. The van der Waals surface area contributed by atoms with Gasteiger partial charge in [0.15, 0.2) is 6.29 Å². The van der Waals surface area contributed by atoms with Crippen LogP contribution in [0.1, 0.15) is 30.1 Å². The van der Waals surface area contributed by atoms with Gasteiger partial charge in [-0.3, -0.25) is 14.3 Å². The Bertz CT molecular complexity index is 1010. The zero-order valence-corrected chi connectivity index (χ0v) is 15.1. The first-order valence-electron chi connectivity index (χ1n) is 8.90. The van der Waals surface area contributed by atoms with E-state index in [-0.39, 0.29) is 13.0 Å². The van der Waals surface area contributed by atoms with E-state index in [1.807, 2.05) is 30.3 Å². The maximum atomic E-state index is 12.2. The number of H-pyrrole nitrogens is 1. The van der Waals surface area contributed by atoms with Gasteiger partial charge >= 0.3 is 5.69 Å². The first-order valence-corrected chi connectivity index (χ1v) is 8.90. The summed E-state index contributed by atoms with van der Waals surface area (Å²) < 4.78 is 19.2. The van der Waals surface area contributed by atoms with Gasteiger partial charge in [0.05, 0.1) is 18.8 Å². The number of benzene rings is 1. The molecule has 10 nitrogen and oxygen atoms in total. The second-order valence-corrected chi connectivity index (χ2v) is 6.79. The largest absolute Gasteiger partial charge is 0.349 e. The lowest BCUT2D eigenvalue weighted by molar-refractivity contribution is -0.300. The van der Waals surface area contributed by atoms with Crippen molar-refractivity contribution in [1.29, 1.82) is 0 Å². The molecule has 0 aliphatic carbocycles. The Balaban J connectivity index is 1.61. The number of hydrogen-bond acceptors (Lipinski definition) is 6. The Morgan fingerprint density at radius 2 is 2.04 bits per heavy atom. The van der Waals surface area contributed by atoms with E-state index in [0.29, 0.717) is 5.56 Å². The average Bonchev–Trinajstić information content (AvgIpc) is 2.71. The standard InChI is InChI=1S/C18H19N5O5/c1-10-8-23(18(25)20-16(10)24)14-7-12(21-22-19)15-13(27-14)9-26-17(28-15)11-5-3-2-4-6-11/h2-6,8,12-15,17H,7,9H2,1H3,(H,20,24,25)/t12-,13-,14-,15+,17?/m1/s1. The number of nitrogens with zero attached hydrogens (tertiary/aromatic N) is 4. The fraction of sp³-hybridized carbons (Fsp3) is 0.444. The van der Waals surface area contributed by atoms with Gasteiger partial charge in [-0.25, -0.2) is 4.79 Å². The zero-order chi connectivity index (χ0) is 19.7. The molecule has 2 aromatic rings. The van der Waals surface area contributed by atoms with Gasteiger partial charge in [-0.1, -0.05) is 35.4 Å². The third kappa shape index (κ3) is 3.46. The first-order chi connectivity index (χ1) is 13.6. The van der Waals surface area contributed by atoms with Gasteiger partial charge in [0.2, 0.25) is 0 Å². The van der Waals surface area contributed by atoms with Crippen molar-refractivity contribution in [3.05, 3.63) is 78.9 Å². The minimum atomic E-state index is -0.708. The highest BCUT2D eigenvalue weighted by atomic mass is 16.7. The minimum absolute atomic E-state index is 0.218. The highest BCUT2D eigenvalue weighted by Crippen LogP contribution is 2.37. The van der Waals surface area contributed by atoms with Crippen molar-refractivity contribution < 1.29 is 14.2 Å². The van der Waals surface area contributed by atoms with Crippen molar-refractivity contribution in [1.82, 2.24) is 9.55 Å². The molecule has 28 heavy (non-hydrogen) atoms. The number of nitrogens with one attached hydrogen (secondary N) is 1. The molecule has 1 aromatic carbocycles. The smallest absolute Gasteiger partial charge is 0.330 e. The number of rotatable bonds is 3. The predicted octanol–water partition coefficient (Wildman–Crippen LogP) is 1.93. The van der Waals surface area contributed by atoms with E-state index in [1.54, 1.807) is 6.92 Å². The van der Waals surface area contributed by atoms with E-state index in [1.165, 1.54) is 10.8 Å². The Morgan fingerprint density at radius 3 is 2.79 bits per heavy atom. The van der Waals surface area contributed by atoms with Gasteiger partial charge in [0.1, 0.15) is 12.3 Å². The maximum absolute atomic E-state index is 12.2. The molecule has 2 aliphatic rings. The first kappa shape index (κ1) is 18.5. The van der Waals surface area contributed by atoms with Crippen LogP contribution in [0.25, 0.3) is 10.4 Å². The number of aromatic amines is 1. The molecule has 0 radical (unpaired) electrons. The second-order valence-electron chi connectivity index (χ2n) is 6.79. The maximum Gasteiger partial charge on any atom is 0.330 e. The number of aromatic nitrogens is 2. The Morgan fingerprint density at radius 1 is 1.25 bits per heavy atom. The van der Waals surface area contributed by atoms with Gasteiger partial charge < -0.3 is 14.2 Å². The summed E-state index contributed by atoms with van der Waals surface area (Å²) in [5, 5.41) is 3.87. The van der Waals surface area contributed by atoms with Crippen LogP contribution in [-0.4, -0.2) is 34.4 Å². The predicted molar refractivity (Wildman–Crippen MR) is 97.5 cm³/mol. The SMILES string of the molecule is Cc1cn([C@H]2C[C@@H](N=[N+]=[N-])[C@@H]3OC(c4ccccc4)OC[C@H]3O2)c(=O)[nH]c1=O. The molecule has 3 heterocycles. The summed E-state index contributed by atoms with van der Waals surface area (Å²) >= 11 is 0. The van der Waals surface area contributed by atoms with Gasteiger partial charge in [-0.05, 0) is 12.5 Å². The van der Waals surface area contributed by atoms with E-state index in [4.69, 9.17) is 19.7 Å². The highest BCUT2D eigenvalue weighted by Gasteiger charge is 2.44. The summed E-state index contributed by atoms with van der Waals surface area (Å²) in [6.45, 7) is 1.82. The van der Waals surface area contributed by atoms with Crippen molar-refractivity contribution in [2.24, 2.45) is 5.11 Å². The summed E-state index contributed by atoms with van der Waals surface area (Å²) in [5.41, 5.74) is 9.20. The summed E-state index contributed by atoms with van der Waals surface area (Å²) in [7, 11) is 0. The van der Waals surface area contributed by atoms with E-state index >= 15 is 0 Å².